The molecule has 1 heterocycles. The van der Waals surface area contributed by atoms with Crippen molar-refractivity contribution < 1.29 is 14.3 Å². The first kappa shape index (κ1) is 10.6. The Bertz CT molecular complexity index is 302. The Kier molecular flexibility index (Phi) is 2.46. The fourth-order valence-electron chi connectivity index (χ4n) is 4.44. The predicted octanol–water partition coefficient (Wildman–Crippen LogP) is 1.86. The average molecular weight is 224 g/mol. The van der Waals surface area contributed by atoms with Crippen molar-refractivity contribution in [2.45, 2.75) is 32.8 Å². The molecule has 3 rings (SSSR count). The Labute approximate surface area is 96.5 Å². The molecule has 0 amide bonds. The maximum absolute atomic E-state index is 11.7. The van der Waals surface area contributed by atoms with Crippen LogP contribution in [0.1, 0.15) is 26.7 Å². The van der Waals surface area contributed by atoms with Crippen molar-refractivity contribution in [3.05, 3.63) is 0 Å². The minimum absolute atomic E-state index is 0.0387. The lowest BCUT2D eigenvalue weighted by atomic mass is 9.73. The van der Waals surface area contributed by atoms with Crippen LogP contribution in [0.5, 0.6) is 0 Å². The van der Waals surface area contributed by atoms with Gasteiger partial charge < -0.3 is 9.47 Å². The van der Waals surface area contributed by atoms with E-state index in [1.165, 1.54) is 12.8 Å². The number of hydrogen-bond acceptors (Lipinski definition) is 3. The van der Waals surface area contributed by atoms with Gasteiger partial charge in [-0.25, -0.2) is 0 Å². The number of ether oxygens (including phenoxy) is 2. The maximum atomic E-state index is 11.7. The van der Waals surface area contributed by atoms with Crippen LogP contribution < -0.4 is 0 Å². The summed E-state index contributed by atoms with van der Waals surface area (Å²) in [5, 5.41) is 0. The Balaban J connectivity index is 1.86. The SMILES string of the molecule is CCOC1C(CC)C2CC1C1C(=O)OCC21. The minimum atomic E-state index is 0.0387. The Hall–Kier alpha value is -0.570. The van der Waals surface area contributed by atoms with Crippen molar-refractivity contribution in [1.29, 1.82) is 0 Å². The van der Waals surface area contributed by atoms with E-state index in [4.69, 9.17) is 9.47 Å². The second-order valence-electron chi connectivity index (χ2n) is 5.38. The van der Waals surface area contributed by atoms with Crippen LogP contribution in [-0.2, 0) is 14.3 Å². The summed E-state index contributed by atoms with van der Waals surface area (Å²) in [6.07, 6.45) is 2.67. The number of esters is 1. The van der Waals surface area contributed by atoms with Crippen molar-refractivity contribution in [2.24, 2.45) is 29.6 Å². The number of fused-ring (bicyclic) bond motifs is 5. The molecule has 6 atom stereocenters. The number of carbonyl (C=O) groups is 1. The molecule has 0 aromatic carbocycles. The van der Waals surface area contributed by atoms with E-state index in [1.807, 2.05) is 6.92 Å². The van der Waals surface area contributed by atoms with Crippen LogP contribution in [-0.4, -0.2) is 25.3 Å². The van der Waals surface area contributed by atoms with Crippen LogP contribution in [0.2, 0.25) is 0 Å². The van der Waals surface area contributed by atoms with E-state index in [0.29, 0.717) is 36.4 Å². The molecule has 0 spiro atoms. The van der Waals surface area contributed by atoms with Gasteiger partial charge in [-0.1, -0.05) is 13.3 Å². The Morgan fingerprint density at radius 1 is 1.31 bits per heavy atom. The molecule has 1 saturated heterocycles. The molecule has 3 aliphatic rings. The second kappa shape index (κ2) is 3.73. The lowest BCUT2D eigenvalue weighted by molar-refractivity contribution is -0.144. The Morgan fingerprint density at radius 3 is 2.81 bits per heavy atom. The lowest BCUT2D eigenvalue weighted by Gasteiger charge is -2.35. The van der Waals surface area contributed by atoms with Gasteiger partial charge in [0.25, 0.3) is 0 Å². The Morgan fingerprint density at radius 2 is 2.12 bits per heavy atom. The largest absolute Gasteiger partial charge is 0.465 e. The molecular formula is C13H20O3. The molecule has 2 bridgehead atoms. The highest BCUT2D eigenvalue weighted by Crippen LogP contribution is 2.59. The first-order valence-electron chi connectivity index (χ1n) is 6.56. The van der Waals surface area contributed by atoms with Crippen molar-refractivity contribution in [2.75, 3.05) is 13.2 Å². The van der Waals surface area contributed by atoms with Crippen LogP contribution >= 0.6 is 0 Å². The number of cyclic esters (lactones) is 1. The molecule has 2 saturated carbocycles. The van der Waals surface area contributed by atoms with E-state index in [0.717, 1.165) is 6.61 Å². The maximum Gasteiger partial charge on any atom is 0.309 e. The third-order valence-electron chi connectivity index (χ3n) is 4.93. The summed E-state index contributed by atoms with van der Waals surface area (Å²) in [4.78, 5) is 11.7. The standard InChI is InChI=1S/C13H20O3/c1-3-7-8-5-9(12(7)15-4-2)11-10(8)6-16-13(11)14/h7-12H,3-6H2,1-2H3. The van der Waals surface area contributed by atoms with Gasteiger partial charge >= 0.3 is 5.97 Å². The zero-order valence-electron chi connectivity index (χ0n) is 10.0. The van der Waals surface area contributed by atoms with Crippen LogP contribution in [0.3, 0.4) is 0 Å². The first-order valence-corrected chi connectivity index (χ1v) is 6.56. The normalized spacial score (nSPS) is 49.5. The monoisotopic (exact) mass is 224 g/mol. The zero-order chi connectivity index (χ0) is 11.3. The summed E-state index contributed by atoms with van der Waals surface area (Å²) < 4.78 is 11.1. The summed E-state index contributed by atoms with van der Waals surface area (Å²) in [5.74, 6) is 2.46. The molecule has 0 aromatic heterocycles. The summed E-state index contributed by atoms with van der Waals surface area (Å²) in [7, 11) is 0. The molecular weight excluding hydrogens is 204 g/mol. The summed E-state index contributed by atoms with van der Waals surface area (Å²) >= 11 is 0. The fourth-order valence-corrected chi connectivity index (χ4v) is 4.44. The van der Waals surface area contributed by atoms with Gasteiger partial charge in [0.2, 0.25) is 0 Å². The van der Waals surface area contributed by atoms with Gasteiger partial charge in [-0.2, -0.15) is 0 Å². The van der Waals surface area contributed by atoms with E-state index in [2.05, 4.69) is 6.92 Å². The van der Waals surface area contributed by atoms with Gasteiger partial charge in [0.1, 0.15) is 0 Å². The second-order valence-corrected chi connectivity index (χ2v) is 5.38. The summed E-state index contributed by atoms with van der Waals surface area (Å²) in [6, 6.07) is 0. The van der Waals surface area contributed by atoms with Crippen LogP contribution in [0, 0.1) is 29.6 Å². The van der Waals surface area contributed by atoms with Gasteiger partial charge in [0.15, 0.2) is 0 Å². The van der Waals surface area contributed by atoms with E-state index in [-0.39, 0.29) is 11.9 Å². The van der Waals surface area contributed by atoms with Gasteiger partial charge in [-0.15, -0.1) is 0 Å². The van der Waals surface area contributed by atoms with E-state index < -0.39 is 0 Å². The highest BCUT2D eigenvalue weighted by atomic mass is 16.5. The van der Waals surface area contributed by atoms with Crippen LogP contribution in [0.15, 0.2) is 0 Å². The molecule has 6 unspecified atom stereocenters. The zero-order valence-corrected chi connectivity index (χ0v) is 10.0. The molecule has 2 aliphatic carbocycles. The minimum Gasteiger partial charge on any atom is -0.465 e. The lowest BCUT2D eigenvalue weighted by Crippen LogP contribution is -2.40. The molecule has 1 aliphatic heterocycles. The molecule has 3 fully saturated rings. The molecule has 90 valence electrons. The van der Waals surface area contributed by atoms with Crippen molar-refractivity contribution in [3.8, 4) is 0 Å². The first-order chi connectivity index (χ1) is 7.77. The van der Waals surface area contributed by atoms with Gasteiger partial charge in [-0.05, 0) is 31.1 Å². The van der Waals surface area contributed by atoms with Crippen LogP contribution in [0.4, 0.5) is 0 Å². The molecule has 0 N–H and O–H groups in total. The topological polar surface area (TPSA) is 35.5 Å². The van der Waals surface area contributed by atoms with Crippen LogP contribution in [0.25, 0.3) is 0 Å². The number of rotatable bonds is 3. The highest BCUT2D eigenvalue weighted by molar-refractivity contribution is 5.76. The molecule has 3 heteroatoms. The van der Waals surface area contributed by atoms with Crippen molar-refractivity contribution >= 4 is 5.97 Å². The smallest absolute Gasteiger partial charge is 0.309 e. The molecule has 0 radical (unpaired) electrons. The van der Waals surface area contributed by atoms with Gasteiger partial charge in [-0.3, -0.25) is 4.79 Å². The van der Waals surface area contributed by atoms with E-state index in [1.54, 1.807) is 0 Å². The van der Waals surface area contributed by atoms with Crippen molar-refractivity contribution in [3.63, 3.8) is 0 Å². The third kappa shape index (κ3) is 1.21. The van der Waals surface area contributed by atoms with E-state index in [9.17, 15) is 4.79 Å². The fraction of sp³-hybridized carbons (Fsp3) is 0.923. The van der Waals surface area contributed by atoms with Gasteiger partial charge in [0.05, 0.1) is 18.6 Å². The third-order valence-corrected chi connectivity index (χ3v) is 4.93. The molecule has 0 aromatic rings. The number of carbonyl (C=O) groups excluding carboxylic acids is 1. The average Bonchev–Trinajstić information content (AvgIpc) is 2.90. The summed E-state index contributed by atoms with van der Waals surface area (Å²) in [5.41, 5.74) is 0. The highest BCUT2D eigenvalue weighted by Gasteiger charge is 2.62. The van der Waals surface area contributed by atoms with Crippen molar-refractivity contribution in [1.82, 2.24) is 0 Å². The molecule has 3 nitrogen and oxygen atoms in total. The number of hydrogen-bond donors (Lipinski definition) is 0. The van der Waals surface area contributed by atoms with E-state index >= 15 is 0 Å². The molecule has 16 heavy (non-hydrogen) atoms. The predicted molar refractivity (Wildman–Crippen MR) is 58.7 cm³/mol. The summed E-state index contributed by atoms with van der Waals surface area (Å²) in [6.45, 7) is 5.71. The quantitative estimate of drug-likeness (QED) is 0.686. The van der Waals surface area contributed by atoms with Gasteiger partial charge in [0, 0.05) is 12.5 Å².